The summed E-state index contributed by atoms with van der Waals surface area (Å²) in [7, 11) is 0. The van der Waals surface area contributed by atoms with E-state index in [9.17, 15) is 14.9 Å². The second-order valence-electron chi connectivity index (χ2n) is 8.67. The van der Waals surface area contributed by atoms with E-state index in [1.807, 2.05) is 45.8 Å². The van der Waals surface area contributed by atoms with Crippen molar-refractivity contribution < 1.29 is 9.59 Å². The molecule has 0 atom stereocenters. The second-order valence-corrected chi connectivity index (χ2v) is 8.67. The van der Waals surface area contributed by atoms with Gasteiger partial charge < -0.3 is 9.47 Å². The molecule has 33 heavy (non-hydrogen) atoms. The zero-order valence-corrected chi connectivity index (χ0v) is 18.2. The highest BCUT2D eigenvalue weighted by Crippen LogP contribution is 2.42. The minimum absolute atomic E-state index is 0.0236. The van der Waals surface area contributed by atoms with Crippen LogP contribution in [0.3, 0.4) is 0 Å². The molecular weight excluding hydrogens is 414 g/mol. The first-order valence-corrected chi connectivity index (χ1v) is 11.1. The highest BCUT2D eigenvalue weighted by atomic mass is 16.2. The summed E-state index contributed by atoms with van der Waals surface area (Å²) in [6, 6.07) is 11.8. The third-order valence-electron chi connectivity index (χ3n) is 6.78. The molecule has 0 saturated heterocycles. The molecule has 1 amide bonds. The molecule has 2 aliphatic rings. The van der Waals surface area contributed by atoms with Crippen LogP contribution in [-0.4, -0.2) is 37.1 Å². The predicted octanol–water partition coefficient (Wildman–Crippen LogP) is 3.80. The van der Waals surface area contributed by atoms with Crippen molar-refractivity contribution in [3.05, 3.63) is 71.3 Å². The Balaban J connectivity index is 1.62. The second kappa shape index (κ2) is 7.17. The number of nitriles is 1. The van der Waals surface area contributed by atoms with E-state index in [0.717, 1.165) is 38.9 Å². The third kappa shape index (κ3) is 2.91. The Kier molecular flexibility index (Phi) is 4.24. The summed E-state index contributed by atoms with van der Waals surface area (Å²) in [5.41, 5.74) is 6.86. The number of aromatic nitrogens is 3. The van der Waals surface area contributed by atoms with Crippen LogP contribution in [0.15, 0.2) is 48.9 Å². The Morgan fingerprint density at radius 3 is 2.88 bits per heavy atom. The average Bonchev–Trinajstić information content (AvgIpc) is 3.47. The molecule has 0 N–H and O–H groups in total. The lowest BCUT2D eigenvalue weighted by molar-refractivity contribution is -0.129. The van der Waals surface area contributed by atoms with Crippen LogP contribution in [0.5, 0.6) is 0 Å². The van der Waals surface area contributed by atoms with Gasteiger partial charge in [0.15, 0.2) is 5.78 Å². The summed E-state index contributed by atoms with van der Waals surface area (Å²) in [5, 5.41) is 10.7. The monoisotopic (exact) mass is 435 g/mol. The van der Waals surface area contributed by atoms with Gasteiger partial charge in [-0.25, -0.2) is 4.98 Å². The largest absolute Gasteiger partial charge is 0.345 e. The van der Waals surface area contributed by atoms with E-state index in [-0.39, 0.29) is 11.7 Å². The Hall–Kier alpha value is -4.18. The molecule has 4 aromatic rings. The van der Waals surface area contributed by atoms with Crippen molar-refractivity contribution in [3.8, 4) is 6.07 Å². The molecule has 1 aliphatic heterocycles. The van der Waals surface area contributed by atoms with Crippen LogP contribution in [0.25, 0.3) is 27.7 Å². The van der Waals surface area contributed by atoms with Crippen LogP contribution in [0.4, 0.5) is 0 Å². The molecule has 6 rings (SSSR count). The molecule has 7 nitrogen and oxygen atoms in total. The highest BCUT2D eigenvalue weighted by Gasteiger charge is 2.30. The van der Waals surface area contributed by atoms with Gasteiger partial charge in [-0.1, -0.05) is 6.07 Å². The van der Waals surface area contributed by atoms with Gasteiger partial charge in [-0.05, 0) is 41.8 Å². The summed E-state index contributed by atoms with van der Waals surface area (Å²) in [4.78, 5) is 31.5. The summed E-state index contributed by atoms with van der Waals surface area (Å²) < 4.78 is 4.13. The van der Waals surface area contributed by atoms with Gasteiger partial charge in [0.05, 0.1) is 29.0 Å². The number of nitrogens with zero attached hydrogens (tertiary/aromatic N) is 5. The Morgan fingerprint density at radius 1 is 1.18 bits per heavy atom. The number of rotatable bonds is 2. The summed E-state index contributed by atoms with van der Waals surface area (Å²) in [5.74, 6) is 0.138. The molecule has 3 aromatic heterocycles. The van der Waals surface area contributed by atoms with Crippen molar-refractivity contribution >= 4 is 39.4 Å². The first kappa shape index (κ1) is 19.5. The number of allylic oxidation sites excluding steroid dienone is 2. The lowest BCUT2D eigenvalue weighted by Gasteiger charge is -2.18. The fourth-order valence-corrected chi connectivity index (χ4v) is 5.25. The number of hydrogen-bond donors (Lipinski definition) is 0. The first-order valence-electron chi connectivity index (χ1n) is 11.1. The van der Waals surface area contributed by atoms with Gasteiger partial charge in [-0.15, -0.1) is 0 Å². The zero-order valence-electron chi connectivity index (χ0n) is 18.2. The van der Waals surface area contributed by atoms with Gasteiger partial charge in [0.25, 0.3) is 0 Å². The zero-order chi connectivity index (χ0) is 22.7. The maximum atomic E-state index is 13.1. The number of benzene rings is 1. The lowest BCUT2D eigenvalue weighted by atomic mass is 9.97. The van der Waals surface area contributed by atoms with Gasteiger partial charge in [0.2, 0.25) is 5.91 Å². The fourth-order valence-electron chi connectivity index (χ4n) is 5.25. The SMILES string of the molecule is CC(=O)N1CCn2cc(C3=C(c4cnc5ccccn45)C(=O)CC3)c3cc(C#N)cc(c32)C1. The topological polar surface area (TPSA) is 83.4 Å². The van der Waals surface area contributed by atoms with Crippen molar-refractivity contribution in [1.82, 2.24) is 18.9 Å². The molecule has 0 saturated carbocycles. The Morgan fingerprint density at radius 2 is 2.06 bits per heavy atom. The number of carbonyl (C=O) groups is 2. The molecule has 0 fully saturated rings. The summed E-state index contributed by atoms with van der Waals surface area (Å²) in [6.07, 6.45) is 6.90. The molecule has 0 spiro atoms. The normalized spacial score (nSPS) is 16.0. The first-order chi connectivity index (χ1) is 16.0. The van der Waals surface area contributed by atoms with E-state index in [1.54, 1.807) is 13.1 Å². The standard InChI is InChI=1S/C26H21N5O2/c1-16(32)29-8-9-30-15-21(20-11-17(12-27)10-18(14-29)26(20)30)19-5-6-23(33)25(19)22-13-28-24-4-2-3-7-31(22)24/h2-4,7,10-11,13,15H,5-6,8-9,14H2,1H3. The van der Waals surface area contributed by atoms with E-state index in [4.69, 9.17) is 0 Å². The van der Waals surface area contributed by atoms with Gasteiger partial charge in [-0.3, -0.25) is 14.0 Å². The van der Waals surface area contributed by atoms with Gasteiger partial charge in [-0.2, -0.15) is 5.26 Å². The Labute approximate surface area is 190 Å². The fraction of sp³-hybridized carbons (Fsp3) is 0.231. The molecule has 7 heteroatoms. The maximum absolute atomic E-state index is 13.1. The van der Waals surface area contributed by atoms with E-state index in [0.29, 0.717) is 43.6 Å². The number of carbonyl (C=O) groups excluding carboxylic acids is 2. The van der Waals surface area contributed by atoms with Crippen molar-refractivity contribution in [2.24, 2.45) is 0 Å². The molecular formula is C26H21N5O2. The quantitative estimate of drug-likeness (QED) is 0.480. The minimum Gasteiger partial charge on any atom is -0.345 e. The van der Waals surface area contributed by atoms with Crippen molar-refractivity contribution in [1.29, 1.82) is 5.26 Å². The predicted molar refractivity (Wildman–Crippen MR) is 124 cm³/mol. The van der Waals surface area contributed by atoms with Crippen molar-refractivity contribution in [2.75, 3.05) is 6.54 Å². The van der Waals surface area contributed by atoms with Crippen LogP contribution in [0.2, 0.25) is 0 Å². The molecule has 4 heterocycles. The summed E-state index contributed by atoms with van der Waals surface area (Å²) in [6.45, 7) is 3.33. The van der Waals surface area contributed by atoms with Gasteiger partial charge in [0.1, 0.15) is 5.65 Å². The molecule has 1 aliphatic carbocycles. The van der Waals surface area contributed by atoms with Crippen LogP contribution in [0, 0.1) is 11.3 Å². The molecule has 0 radical (unpaired) electrons. The number of Topliss-reactive ketones (excluding diaryl/α,β-unsaturated/α-hetero) is 1. The molecule has 0 bridgehead atoms. The van der Waals surface area contributed by atoms with E-state index in [2.05, 4.69) is 21.8 Å². The van der Waals surface area contributed by atoms with Gasteiger partial charge >= 0.3 is 0 Å². The maximum Gasteiger partial charge on any atom is 0.219 e. The third-order valence-corrected chi connectivity index (χ3v) is 6.78. The number of ketones is 1. The molecule has 162 valence electrons. The minimum atomic E-state index is 0.0236. The molecule has 0 unspecified atom stereocenters. The van der Waals surface area contributed by atoms with E-state index in [1.165, 1.54) is 0 Å². The number of amides is 1. The number of fused-ring (bicyclic) bond motifs is 1. The Bertz CT molecular complexity index is 1560. The van der Waals surface area contributed by atoms with Gasteiger partial charge in [0, 0.05) is 61.9 Å². The van der Waals surface area contributed by atoms with Crippen molar-refractivity contribution in [2.45, 2.75) is 32.9 Å². The number of pyridine rings is 1. The summed E-state index contributed by atoms with van der Waals surface area (Å²) >= 11 is 0. The number of hydrogen-bond acceptors (Lipinski definition) is 4. The molecule has 1 aromatic carbocycles. The van der Waals surface area contributed by atoms with Crippen molar-refractivity contribution in [3.63, 3.8) is 0 Å². The lowest BCUT2D eigenvalue weighted by Crippen LogP contribution is -2.29. The highest BCUT2D eigenvalue weighted by molar-refractivity contribution is 6.31. The van der Waals surface area contributed by atoms with E-state index < -0.39 is 0 Å². The van der Waals surface area contributed by atoms with Crippen LogP contribution < -0.4 is 0 Å². The average molecular weight is 435 g/mol. The smallest absolute Gasteiger partial charge is 0.219 e. The number of imidazole rings is 1. The van der Waals surface area contributed by atoms with Crippen LogP contribution in [0.1, 0.15) is 42.1 Å². The van der Waals surface area contributed by atoms with Crippen LogP contribution >= 0.6 is 0 Å². The van der Waals surface area contributed by atoms with E-state index >= 15 is 0 Å². The van der Waals surface area contributed by atoms with Crippen LogP contribution in [-0.2, 0) is 22.7 Å².